The van der Waals surface area contributed by atoms with Crippen LogP contribution in [0.5, 0.6) is 0 Å². The summed E-state index contributed by atoms with van der Waals surface area (Å²) in [5.41, 5.74) is 4.06. The Morgan fingerprint density at radius 2 is 1.92 bits per heavy atom. The molecule has 0 aliphatic heterocycles. The first-order valence-electron chi connectivity index (χ1n) is 11.4. The minimum atomic E-state index is -2.80. The lowest BCUT2D eigenvalue weighted by Crippen LogP contribution is -2.27. The summed E-state index contributed by atoms with van der Waals surface area (Å²) in [6.45, 7) is 0. The van der Waals surface area contributed by atoms with Crippen molar-refractivity contribution in [3.63, 3.8) is 0 Å². The van der Waals surface area contributed by atoms with Gasteiger partial charge in [-0.25, -0.2) is 18.7 Å². The van der Waals surface area contributed by atoms with Crippen LogP contribution in [0.3, 0.4) is 0 Å². The van der Waals surface area contributed by atoms with E-state index in [1.807, 2.05) is 66.7 Å². The zero-order valence-electron chi connectivity index (χ0n) is 18.9. The van der Waals surface area contributed by atoms with Crippen molar-refractivity contribution in [2.24, 2.45) is 0 Å². The van der Waals surface area contributed by atoms with E-state index in [2.05, 4.69) is 20.8 Å². The van der Waals surface area contributed by atoms with Crippen LogP contribution in [0, 0.1) is 0 Å². The minimum Gasteiger partial charge on any atom is -0.344 e. The smallest absolute Gasteiger partial charge is 0.270 e. The number of rotatable bonds is 6. The number of H-pyrrole nitrogens is 1. The number of carbonyl (C=O) groups is 1. The molecule has 9 heteroatoms. The van der Waals surface area contributed by atoms with Gasteiger partial charge in [0.1, 0.15) is 5.82 Å². The third-order valence-corrected chi connectivity index (χ3v) is 6.02. The van der Waals surface area contributed by atoms with E-state index in [9.17, 15) is 13.6 Å². The number of amides is 1. The Morgan fingerprint density at radius 1 is 1.06 bits per heavy atom. The first-order valence-corrected chi connectivity index (χ1v) is 11.4. The van der Waals surface area contributed by atoms with Crippen LogP contribution in [0.4, 0.5) is 20.3 Å². The summed E-state index contributed by atoms with van der Waals surface area (Å²) in [5.74, 6) is -2.18. The molecule has 0 spiro atoms. The maximum absolute atomic E-state index is 13.0. The second-order valence-corrected chi connectivity index (χ2v) is 8.70. The molecule has 1 aliphatic rings. The zero-order chi connectivity index (χ0) is 24.7. The minimum absolute atomic E-state index is 0.312. The largest absolute Gasteiger partial charge is 0.344 e. The SMILES string of the molecule is O=C(/C=C/c1cccc(-c2nc(Nc3ccc4[nH]ncc4c3)c3ccccc3n2)c1)NC1CC1(F)F. The van der Waals surface area contributed by atoms with Crippen LogP contribution < -0.4 is 10.6 Å². The number of para-hydroxylation sites is 1. The molecule has 0 radical (unpaired) electrons. The monoisotopic (exact) mass is 482 g/mol. The Kier molecular flexibility index (Phi) is 5.18. The number of hydrogen-bond donors (Lipinski definition) is 3. The summed E-state index contributed by atoms with van der Waals surface area (Å²) < 4.78 is 26.1. The highest BCUT2D eigenvalue weighted by Crippen LogP contribution is 2.41. The van der Waals surface area contributed by atoms with Crippen LogP contribution in [-0.2, 0) is 4.79 Å². The second-order valence-electron chi connectivity index (χ2n) is 8.70. The summed E-state index contributed by atoms with van der Waals surface area (Å²) in [4.78, 5) is 21.5. The quantitative estimate of drug-likeness (QED) is 0.280. The lowest BCUT2D eigenvalue weighted by molar-refractivity contribution is -0.117. The highest BCUT2D eigenvalue weighted by molar-refractivity contribution is 5.94. The van der Waals surface area contributed by atoms with E-state index >= 15 is 0 Å². The number of fused-ring (bicyclic) bond motifs is 2. The van der Waals surface area contributed by atoms with Crippen molar-refractivity contribution in [2.45, 2.75) is 18.4 Å². The summed E-state index contributed by atoms with van der Waals surface area (Å²) >= 11 is 0. The maximum Gasteiger partial charge on any atom is 0.270 e. The molecule has 1 atom stereocenters. The van der Waals surface area contributed by atoms with Gasteiger partial charge < -0.3 is 10.6 Å². The molecule has 178 valence electrons. The number of nitrogens with zero attached hydrogens (tertiary/aromatic N) is 3. The van der Waals surface area contributed by atoms with Crippen molar-refractivity contribution in [3.8, 4) is 11.4 Å². The summed E-state index contributed by atoms with van der Waals surface area (Å²) in [7, 11) is 0. The van der Waals surface area contributed by atoms with Gasteiger partial charge in [0.15, 0.2) is 5.82 Å². The molecule has 0 saturated heterocycles. The molecule has 1 aliphatic carbocycles. The van der Waals surface area contributed by atoms with Crippen LogP contribution in [0.1, 0.15) is 12.0 Å². The van der Waals surface area contributed by atoms with E-state index in [1.165, 1.54) is 6.08 Å². The van der Waals surface area contributed by atoms with Gasteiger partial charge in [-0.05, 0) is 48.0 Å². The van der Waals surface area contributed by atoms with E-state index in [4.69, 9.17) is 9.97 Å². The van der Waals surface area contributed by atoms with Gasteiger partial charge in [0.2, 0.25) is 5.91 Å². The van der Waals surface area contributed by atoms with Crippen LogP contribution in [0.25, 0.3) is 39.3 Å². The van der Waals surface area contributed by atoms with Crippen molar-refractivity contribution >= 4 is 45.3 Å². The van der Waals surface area contributed by atoms with Crippen LogP contribution in [0.2, 0.25) is 0 Å². The predicted molar refractivity (Wildman–Crippen MR) is 135 cm³/mol. The number of halogens is 2. The standard InChI is InChI=1S/C27H20F2N6O/c28-27(29)14-23(27)33-24(36)11-8-16-4-3-5-17(12-16)25-32-22-7-2-1-6-20(22)26(34-25)31-19-9-10-21-18(13-19)15-30-35-21/h1-13,15,23H,14H2,(H,30,35)(H,33,36)(H,31,32,34)/b11-8+. The fourth-order valence-electron chi connectivity index (χ4n) is 4.00. The molecule has 3 N–H and O–H groups in total. The van der Waals surface area contributed by atoms with Crippen LogP contribution in [-0.4, -0.2) is 38.0 Å². The molecule has 0 bridgehead atoms. The molecule has 1 saturated carbocycles. The normalized spacial score (nSPS) is 16.4. The van der Waals surface area contributed by atoms with E-state index in [-0.39, 0.29) is 6.42 Å². The molecule has 1 fully saturated rings. The number of aromatic amines is 1. The molecule has 1 unspecified atom stereocenters. The average molecular weight is 482 g/mol. The van der Waals surface area contributed by atoms with Crippen molar-refractivity contribution in [1.29, 1.82) is 0 Å². The predicted octanol–water partition coefficient (Wildman–Crippen LogP) is 5.45. The lowest BCUT2D eigenvalue weighted by Gasteiger charge is -2.11. The summed E-state index contributed by atoms with van der Waals surface area (Å²) in [6.07, 6.45) is 4.29. The highest BCUT2D eigenvalue weighted by atomic mass is 19.3. The number of carbonyl (C=O) groups excluding carboxylic acids is 1. The van der Waals surface area contributed by atoms with Gasteiger partial charge in [0, 0.05) is 34.5 Å². The van der Waals surface area contributed by atoms with Gasteiger partial charge in [0.25, 0.3) is 5.92 Å². The Hall–Kier alpha value is -4.66. The lowest BCUT2D eigenvalue weighted by atomic mass is 10.1. The van der Waals surface area contributed by atoms with E-state index < -0.39 is 17.9 Å². The van der Waals surface area contributed by atoms with Crippen molar-refractivity contribution in [2.75, 3.05) is 5.32 Å². The van der Waals surface area contributed by atoms with E-state index in [0.29, 0.717) is 11.6 Å². The van der Waals surface area contributed by atoms with Gasteiger partial charge in [-0.15, -0.1) is 0 Å². The van der Waals surface area contributed by atoms with E-state index in [0.717, 1.165) is 38.6 Å². The Bertz CT molecular complexity index is 1640. The Balaban J connectivity index is 1.30. The number of anilines is 2. The topological polar surface area (TPSA) is 95.6 Å². The molecule has 6 rings (SSSR count). The second kappa shape index (κ2) is 8.53. The van der Waals surface area contributed by atoms with Crippen molar-refractivity contribution in [1.82, 2.24) is 25.5 Å². The number of hydrogen-bond acceptors (Lipinski definition) is 5. The fourth-order valence-corrected chi connectivity index (χ4v) is 4.00. The molecule has 1 amide bonds. The first kappa shape index (κ1) is 21.8. The number of nitrogens with one attached hydrogen (secondary N) is 3. The molecule has 7 nitrogen and oxygen atoms in total. The zero-order valence-corrected chi connectivity index (χ0v) is 18.9. The van der Waals surface area contributed by atoms with Gasteiger partial charge >= 0.3 is 0 Å². The van der Waals surface area contributed by atoms with Gasteiger partial charge in [-0.2, -0.15) is 5.10 Å². The highest BCUT2D eigenvalue weighted by Gasteiger charge is 2.57. The number of aromatic nitrogens is 4. The molecule has 5 aromatic rings. The molecular weight excluding hydrogens is 462 g/mol. The molecule has 2 heterocycles. The Morgan fingerprint density at radius 3 is 2.78 bits per heavy atom. The van der Waals surface area contributed by atoms with E-state index in [1.54, 1.807) is 12.3 Å². The Labute approximate surface area is 204 Å². The first-order chi connectivity index (χ1) is 17.4. The molecule has 36 heavy (non-hydrogen) atoms. The molecule has 2 aromatic heterocycles. The third-order valence-electron chi connectivity index (χ3n) is 6.02. The third kappa shape index (κ3) is 4.38. The number of benzene rings is 3. The summed E-state index contributed by atoms with van der Waals surface area (Å²) in [6, 6.07) is 19.9. The molecular formula is C27H20F2N6O. The maximum atomic E-state index is 13.0. The van der Waals surface area contributed by atoms with Gasteiger partial charge in [-0.1, -0.05) is 30.3 Å². The fraction of sp³-hybridized carbons (Fsp3) is 0.111. The molecule has 3 aromatic carbocycles. The van der Waals surface area contributed by atoms with Crippen LogP contribution in [0.15, 0.2) is 79.0 Å². The van der Waals surface area contributed by atoms with Crippen molar-refractivity contribution < 1.29 is 13.6 Å². The number of alkyl halides is 2. The average Bonchev–Trinajstić information content (AvgIpc) is 3.24. The van der Waals surface area contributed by atoms with Crippen molar-refractivity contribution in [3.05, 3.63) is 84.6 Å². The van der Waals surface area contributed by atoms with Gasteiger partial charge in [-0.3, -0.25) is 9.89 Å². The summed E-state index contributed by atoms with van der Waals surface area (Å²) in [5, 5.41) is 14.6. The van der Waals surface area contributed by atoms with Crippen LogP contribution >= 0.6 is 0 Å². The van der Waals surface area contributed by atoms with Gasteiger partial charge in [0.05, 0.1) is 23.3 Å².